The smallest absolute Gasteiger partial charge is 0.408 e. The molecule has 0 aromatic carbocycles. The van der Waals surface area contributed by atoms with Crippen molar-refractivity contribution in [1.29, 1.82) is 0 Å². The maximum atomic E-state index is 11.9. The summed E-state index contributed by atoms with van der Waals surface area (Å²) in [5.41, 5.74) is -0.465. The molecule has 0 aromatic rings. The molecule has 5 nitrogen and oxygen atoms in total. The third-order valence-corrected chi connectivity index (χ3v) is 6.53. The zero-order valence-electron chi connectivity index (χ0n) is 11.1. The van der Waals surface area contributed by atoms with Crippen LogP contribution in [0.5, 0.6) is 0 Å². The highest BCUT2D eigenvalue weighted by molar-refractivity contribution is 5.75. The second-order valence-electron chi connectivity index (χ2n) is 7.80. The number of hydrogen-bond acceptors (Lipinski definition) is 4. The van der Waals surface area contributed by atoms with Crippen molar-refractivity contribution in [2.75, 3.05) is 0 Å². The largest absolute Gasteiger partial charge is 0.444 e. The van der Waals surface area contributed by atoms with Crippen LogP contribution in [-0.2, 0) is 9.53 Å². The van der Waals surface area contributed by atoms with Crippen molar-refractivity contribution in [1.82, 2.24) is 5.32 Å². The lowest BCUT2D eigenvalue weighted by atomic mass is 8.96. The third kappa shape index (κ3) is 0.677. The molecule has 0 bridgehead atoms. The Balaban J connectivity index is 1.34. The van der Waals surface area contributed by atoms with Gasteiger partial charge in [0, 0.05) is 0 Å². The first-order valence-corrected chi connectivity index (χ1v) is 7.00. The van der Waals surface area contributed by atoms with Crippen LogP contribution < -0.4 is 5.32 Å². The Labute approximate surface area is 110 Å². The lowest BCUT2D eigenvalue weighted by Crippen LogP contribution is -3.17. The molecule has 0 heterocycles. The van der Waals surface area contributed by atoms with Crippen molar-refractivity contribution in [2.24, 2.45) is 40.5 Å². The normalized spacial score (nSPS) is 59.9. The van der Waals surface area contributed by atoms with Crippen molar-refractivity contribution in [3.05, 3.63) is 0 Å². The number of ether oxygens (including phenoxy) is 1. The summed E-state index contributed by atoms with van der Waals surface area (Å²) < 4.78 is 5.36. The van der Waals surface area contributed by atoms with Crippen molar-refractivity contribution in [3.8, 4) is 0 Å². The van der Waals surface area contributed by atoms with Crippen LogP contribution >= 0.6 is 0 Å². The zero-order chi connectivity index (χ0) is 13.4. The van der Waals surface area contributed by atoms with Gasteiger partial charge >= 0.3 is 6.09 Å². The van der Waals surface area contributed by atoms with Crippen LogP contribution in [0.15, 0.2) is 4.99 Å². The summed E-state index contributed by atoms with van der Waals surface area (Å²) in [6, 6.07) is 0. The summed E-state index contributed by atoms with van der Waals surface area (Å²) in [5.74, 6) is 3.29. The molecular weight excluding hydrogens is 244 g/mol. The Morgan fingerprint density at radius 3 is 2.11 bits per heavy atom. The van der Waals surface area contributed by atoms with Gasteiger partial charge in [-0.15, -0.1) is 0 Å². The van der Waals surface area contributed by atoms with E-state index < -0.39 is 5.60 Å². The third-order valence-electron chi connectivity index (χ3n) is 6.53. The van der Waals surface area contributed by atoms with Gasteiger partial charge in [0.05, 0.1) is 11.1 Å². The van der Waals surface area contributed by atoms with Crippen LogP contribution in [0, 0.1) is 35.5 Å². The van der Waals surface area contributed by atoms with Gasteiger partial charge < -0.3 is 10.1 Å². The van der Waals surface area contributed by atoms with E-state index in [1.165, 1.54) is 0 Å². The van der Waals surface area contributed by atoms with Crippen molar-refractivity contribution in [3.63, 3.8) is 0 Å². The molecule has 0 atom stereocenters. The van der Waals surface area contributed by atoms with E-state index in [0.29, 0.717) is 35.5 Å². The van der Waals surface area contributed by atoms with Gasteiger partial charge in [0.2, 0.25) is 6.08 Å². The first-order chi connectivity index (χ1) is 8.89. The molecule has 1 N–H and O–H groups in total. The van der Waals surface area contributed by atoms with E-state index in [1.54, 1.807) is 6.08 Å². The second kappa shape index (κ2) is 2.35. The molecule has 6 saturated carbocycles. The summed E-state index contributed by atoms with van der Waals surface area (Å²) in [6.45, 7) is 5.62. The number of amides is 1. The molecule has 0 unspecified atom stereocenters. The molecule has 6 aliphatic rings. The van der Waals surface area contributed by atoms with Gasteiger partial charge in [-0.3, -0.25) is 0 Å². The average molecular weight is 260 g/mol. The predicted molar refractivity (Wildman–Crippen MR) is 63.9 cm³/mol. The summed E-state index contributed by atoms with van der Waals surface area (Å²) >= 11 is 0. The molecule has 6 fully saturated rings. The Hall–Kier alpha value is -1.35. The number of nitrogens with zero attached hydrogens (tertiary/aromatic N) is 1. The van der Waals surface area contributed by atoms with Gasteiger partial charge in [-0.25, -0.2) is 9.59 Å². The minimum Gasteiger partial charge on any atom is -0.444 e. The Bertz CT molecular complexity index is 530. The van der Waals surface area contributed by atoms with Gasteiger partial charge in [-0.1, -0.05) is 0 Å². The van der Waals surface area contributed by atoms with Crippen LogP contribution in [-0.4, -0.2) is 28.9 Å². The fourth-order valence-electron chi connectivity index (χ4n) is 6.50. The van der Waals surface area contributed by atoms with E-state index in [4.69, 9.17) is 4.74 Å². The number of aliphatic imine (C=N–C) groups is 1. The van der Waals surface area contributed by atoms with E-state index in [2.05, 4.69) is 10.3 Å². The summed E-state index contributed by atoms with van der Waals surface area (Å²) in [7, 11) is 0. The predicted octanol–water partition coefficient (Wildman–Crippen LogP) is 1.09. The van der Waals surface area contributed by atoms with E-state index in [9.17, 15) is 9.59 Å². The second-order valence-corrected chi connectivity index (χ2v) is 7.80. The number of alkyl carbamates (subject to hydrolysis) is 1. The van der Waals surface area contributed by atoms with Crippen molar-refractivity contribution < 1.29 is 14.3 Å². The van der Waals surface area contributed by atoms with Crippen molar-refractivity contribution >= 4 is 12.2 Å². The zero-order valence-corrected chi connectivity index (χ0v) is 11.1. The Morgan fingerprint density at radius 1 is 1.16 bits per heavy atom. The highest BCUT2D eigenvalue weighted by atomic mass is 16.6. The van der Waals surface area contributed by atoms with Crippen LogP contribution in [0.25, 0.3) is 0 Å². The number of nitrogens with one attached hydrogen (secondary N) is 1. The first kappa shape index (κ1) is 10.4. The highest BCUT2D eigenvalue weighted by Gasteiger charge is 3.11. The summed E-state index contributed by atoms with van der Waals surface area (Å²) in [4.78, 5) is 26.5. The average Bonchev–Trinajstić information content (AvgIpc) is 2.30. The lowest BCUT2D eigenvalue weighted by Gasteiger charge is -3.09. The molecule has 0 saturated heterocycles. The molecule has 100 valence electrons. The quantitative estimate of drug-likeness (QED) is 0.597. The van der Waals surface area contributed by atoms with Crippen LogP contribution in [0.4, 0.5) is 4.79 Å². The topological polar surface area (TPSA) is 67.8 Å². The van der Waals surface area contributed by atoms with Crippen LogP contribution in [0.2, 0.25) is 0 Å². The number of carbonyl (C=O) groups excluding carboxylic acids is 2. The van der Waals surface area contributed by atoms with Gasteiger partial charge in [0.15, 0.2) is 0 Å². The minimum atomic E-state index is -0.452. The molecule has 19 heavy (non-hydrogen) atoms. The number of carbonyl (C=O) groups is 1. The Morgan fingerprint density at radius 2 is 1.68 bits per heavy atom. The SMILES string of the molecule is CC(C)(C)OC(=O)NC12C3C4C1C1C2C3C41N=C=O. The molecule has 6 rings (SSSR count). The molecule has 6 aliphatic carbocycles. The van der Waals surface area contributed by atoms with Gasteiger partial charge in [0.1, 0.15) is 5.60 Å². The van der Waals surface area contributed by atoms with E-state index in [1.807, 2.05) is 20.8 Å². The molecule has 0 aliphatic heterocycles. The summed E-state index contributed by atoms with van der Waals surface area (Å²) in [6.07, 6.45) is 1.46. The maximum absolute atomic E-state index is 11.9. The standard InChI is InChI=1S/C14H16N2O3/c1-12(2,3)19-11(18)16-14-8-5-9(14)7-10(14)6(8)13(5,7)15-4-17/h5-10H,1-3H3,(H,16,18). The highest BCUT2D eigenvalue weighted by Crippen LogP contribution is 3.04. The van der Waals surface area contributed by atoms with Crippen LogP contribution in [0.3, 0.4) is 0 Å². The molecule has 0 aromatic heterocycles. The maximum Gasteiger partial charge on any atom is 0.408 e. The number of hydrogen-bond donors (Lipinski definition) is 1. The molecule has 5 heteroatoms. The Kier molecular flexibility index (Phi) is 1.29. The lowest BCUT2D eigenvalue weighted by molar-refractivity contribution is -0.583. The molecule has 1 amide bonds. The molecule has 0 radical (unpaired) electrons. The van der Waals surface area contributed by atoms with Gasteiger partial charge in [-0.05, 0) is 56.3 Å². The van der Waals surface area contributed by atoms with E-state index >= 15 is 0 Å². The summed E-state index contributed by atoms with van der Waals surface area (Å²) in [5, 5.41) is 3.12. The molecule has 0 spiro atoms. The van der Waals surface area contributed by atoms with Gasteiger partial charge in [0.25, 0.3) is 0 Å². The minimum absolute atomic E-state index is 0.0164. The van der Waals surface area contributed by atoms with E-state index in [0.717, 1.165) is 0 Å². The fraction of sp³-hybridized carbons (Fsp3) is 0.857. The fourth-order valence-corrected chi connectivity index (χ4v) is 6.50. The van der Waals surface area contributed by atoms with Crippen LogP contribution in [0.1, 0.15) is 20.8 Å². The number of rotatable bonds is 2. The van der Waals surface area contributed by atoms with Crippen molar-refractivity contribution in [2.45, 2.75) is 37.5 Å². The molecular formula is C14H16N2O3. The first-order valence-electron chi connectivity index (χ1n) is 7.00. The van der Waals surface area contributed by atoms with Gasteiger partial charge in [-0.2, -0.15) is 4.99 Å². The van der Waals surface area contributed by atoms with E-state index in [-0.39, 0.29) is 17.2 Å². The number of isocyanates is 1. The monoisotopic (exact) mass is 260 g/mol.